The molecule has 0 aliphatic carbocycles. The van der Waals surface area contributed by atoms with Crippen LogP contribution < -0.4 is 11.3 Å². The van der Waals surface area contributed by atoms with Crippen LogP contribution in [0.2, 0.25) is 0 Å². The van der Waals surface area contributed by atoms with E-state index in [0.29, 0.717) is 5.92 Å². The number of para-hydroxylation sites is 1. The maximum atomic E-state index is 5.54. The lowest BCUT2D eigenvalue weighted by Crippen LogP contribution is -2.09. The molecule has 3 N–H and O–H groups in total. The molecule has 16 heavy (non-hydrogen) atoms. The molecule has 3 nitrogen and oxygen atoms in total. The number of pyridine rings is 1. The summed E-state index contributed by atoms with van der Waals surface area (Å²) in [4.78, 5) is 4.63. The highest BCUT2D eigenvalue weighted by atomic mass is 15.2. The van der Waals surface area contributed by atoms with Gasteiger partial charge in [-0.1, -0.05) is 32.0 Å². The van der Waals surface area contributed by atoms with Crippen LogP contribution in [0.15, 0.2) is 30.3 Å². The molecule has 0 fully saturated rings. The van der Waals surface area contributed by atoms with Gasteiger partial charge >= 0.3 is 0 Å². The van der Waals surface area contributed by atoms with Crippen LogP contribution in [-0.2, 0) is 6.42 Å². The van der Waals surface area contributed by atoms with Gasteiger partial charge in [-0.05, 0) is 24.5 Å². The van der Waals surface area contributed by atoms with Crippen LogP contribution in [0.5, 0.6) is 0 Å². The molecule has 2 rings (SSSR count). The molecule has 0 aliphatic heterocycles. The number of benzene rings is 1. The summed E-state index contributed by atoms with van der Waals surface area (Å²) in [5, 5.41) is 1.07. The average molecular weight is 215 g/mol. The Morgan fingerprint density at radius 2 is 2.06 bits per heavy atom. The fourth-order valence-corrected chi connectivity index (χ4v) is 1.87. The van der Waals surface area contributed by atoms with E-state index in [-0.39, 0.29) is 0 Å². The minimum atomic E-state index is 0.597. The van der Waals surface area contributed by atoms with Crippen LogP contribution >= 0.6 is 0 Å². The topological polar surface area (TPSA) is 50.9 Å². The molecule has 0 atom stereocenters. The van der Waals surface area contributed by atoms with Crippen LogP contribution in [-0.4, -0.2) is 4.98 Å². The molecular weight excluding hydrogens is 198 g/mol. The van der Waals surface area contributed by atoms with Crippen LogP contribution in [0.4, 0.5) is 5.69 Å². The number of rotatable bonds is 3. The lowest BCUT2D eigenvalue weighted by molar-refractivity contribution is 0.637. The SMILES string of the molecule is CC(C)Cc1cc(NN)c2ccccc2n1. The largest absolute Gasteiger partial charge is 0.323 e. The first-order chi connectivity index (χ1) is 7.70. The van der Waals surface area contributed by atoms with Gasteiger partial charge in [-0.2, -0.15) is 0 Å². The van der Waals surface area contributed by atoms with Crippen molar-refractivity contribution >= 4 is 16.6 Å². The summed E-state index contributed by atoms with van der Waals surface area (Å²) < 4.78 is 0. The van der Waals surface area contributed by atoms with E-state index in [1.165, 1.54) is 0 Å². The van der Waals surface area contributed by atoms with Gasteiger partial charge in [-0.15, -0.1) is 0 Å². The highest BCUT2D eigenvalue weighted by Crippen LogP contribution is 2.23. The van der Waals surface area contributed by atoms with Gasteiger partial charge in [0.2, 0.25) is 0 Å². The van der Waals surface area contributed by atoms with E-state index in [1.807, 2.05) is 30.3 Å². The van der Waals surface area contributed by atoms with E-state index < -0.39 is 0 Å². The van der Waals surface area contributed by atoms with Crippen molar-refractivity contribution in [2.75, 3.05) is 5.43 Å². The minimum Gasteiger partial charge on any atom is -0.323 e. The summed E-state index contributed by atoms with van der Waals surface area (Å²) in [6.07, 6.45) is 0.972. The maximum absolute atomic E-state index is 5.54. The Balaban J connectivity index is 2.54. The van der Waals surface area contributed by atoms with E-state index in [0.717, 1.165) is 28.7 Å². The molecule has 1 aromatic heterocycles. The van der Waals surface area contributed by atoms with Gasteiger partial charge in [0.25, 0.3) is 0 Å². The van der Waals surface area contributed by atoms with Crippen molar-refractivity contribution < 1.29 is 0 Å². The predicted octanol–water partition coefficient (Wildman–Crippen LogP) is 2.72. The first-order valence-corrected chi connectivity index (χ1v) is 5.56. The van der Waals surface area contributed by atoms with Gasteiger partial charge in [0.05, 0.1) is 11.2 Å². The summed E-state index contributed by atoms with van der Waals surface area (Å²) in [5.41, 5.74) is 5.77. The Kier molecular flexibility index (Phi) is 3.06. The number of anilines is 1. The van der Waals surface area contributed by atoms with Gasteiger partial charge in [0.15, 0.2) is 0 Å². The van der Waals surface area contributed by atoms with E-state index in [2.05, 4.69) is 24.3 Å². The number of fused-ring (bicyclic) bond motifs is 1. The second kappa shape index (κ2) is 4.49. The fourth-order valence-electron chi connectivity index (χ4n) is 1.87. The van der Waals surface area contributed by atoms with Crippen LogP contribution in [0.3, 0.4) is 0 Å². The van der Waals surface area contributed by atoms with Gasteiger partial charge in [0.1, 0.15) is 0 Å². The Labute approximate surface area is 95.7 Å². The zero-order valence-corrected chi connectivity index (χ0v) is 9.70. The Morgan fingerprint density at radius 1 is 1.31 bits per heavy atom. The zero-order valence-electron chi connectivity index (χ0n) is 9.70. The van der Waals surface area contributed by atoms with Gasteiger partial charge in [0, 0.05) is 11.1 Å². The van der Waals surface area contributed by atoms with Crippen molar-refractivity contribution in [3.63, 3.8) is 0 Å². The second-order valence-electron chi connectivity index (χ2n) is 4.42. The van der Waals surface area contributed by atoms with Gasteiger partial charge < -0.3 is 5.43 Å². The summed E-state index contributed by atoms with van der Waals surface area (Å²) in [7, 11) is 0. The predicted molar refractivity (Wildman–Crippen MR) is 68.1 cm³/mol. The van der Waals surface area contributed by atoms with Gasteiger partial charge in [-0.3, -0.25) is 10.8 Å². The standard InChI is InChI=1S/C13H17N3/c1-9(2)7-10-8-13(16-14)11-5-3-4-6-12(11)15-10/h3-6,8-9H,7,14H2,1-2H3,(H,15,16). The third-order valence-corrected chi connectivity index (χ3v) is 2.54. The average Bonchev–Trinajstić information content (AvgIpc) is 2.27. The lowest BCUT2D eigenvalue weighted by Gasteiger charge is -2.10. The third kappa shape index (κ3) is 2.14. The molecule has 0 saturated carbocycles. The molecule has 0 saturated heterocycles. The van der Waals surface area contributed by atoms with Crippen molar-refractivity contribution in [3.8, 4) is 0 Å². The van der Waals surface area contributed by atoms with Crippen molar-refractivity contribution in [2.24, 2.45) is 11.8 Å². The second-order valence-corrected chi connectivity index (χ2v) is 4.42. The van der Waals surface area contributed by atoms with E-state index in [4.69, 9.17) is 5.84 Å². The highest BCUT2D eigenvalue weighted by Gasteiger charge is 2.05. The molecule has 0 radical (unpaired) electrons. The molecule has 0 unspecified atom stereocenters. The number of nitrogens with zero attached hydrogens (tertiary/aromatic N) is 1. The normalized spacial score (nSPS) is 11.0. The Morgan fingerprint density at radius 3 is 2.75 bits per heavy atom. The number of hydrogen-bond acceptors (Lipinski definition) is 3. The number of hydrogen-bond donors (Lipinski definition) is 2. The van der Waals surface area contributed by atoms with Crippen LogP contribution in [0.25, 0.3) is 10.9 Å². The van der Waals surface area contributed by atoms with Crippen molar-refractivity contribution in [3.05, 3.63) is 36.0 Å². The Bertz CT molecular complexity index is 492. The number of aromatic nitrogens is 1. The molecule has 3 heteroatoms. The molecule has 0 bridgehead atoms. The number of nitrogens with two attached hydrogens (primary N) is 1. The maximum Gasteiger partial charge on any atom is 0.0726 e. The molecule has 0 spiro atoms. The number of hydrazine groups is 1. The van der Waals surface area contributed by atoms with Crippen LogP contribution in [0, 0.1) is 5.92 Å². The molecule has 1 aromatic carbocycles. The highest BCUT2D eigenvalue weighted by molar-refractivity contribution is 5.91. The molecule has 2 aromatic rings. The van der Waals surface area contributed by atoms with E-state index in [1.54, 1.807) is 0 Å². The van der Waals surface area contributed by atoms with Crippen molar-refractivity contribution in [2.45, 2.75) is 20.3 Å². The number of nitrogens with one attached hydrogen (secondary N) is 1. The van der Waals surface area contributed by atoms with Crippen molar-refractivity contribution in [1.82, 2.24) is 4.98 Å². The monoisotopic (exact) mass is 215 g/mol. The summed E-state index contributed by atoms with van der Waals surface area (Å²) in [5.74, 6) is 6.13. The molecule has 0 aliphatic rings. The molecular formula is C13H17N3. The third-order valence-electron chi connectivity index (χ3n) is 2.54. The van der Waals surface area contributed by atoms with E-state index >= 15 is 0 Å². The molecule has 0 amide bonds. The summed E-state index contributed by atoms with van der Waals surface area (Å²) in [6.45, 7) is 4.37. The molecule has 1 heterocycles. The lowest BCUT2D eigenvalue weighted by atomic mass is 10.1. The quantitative estimate of drug-likeness (QED) is 0.611. The summed E-state index contributed by atoms with van der Waals surface area (Å²) in [6, 6.07) is 10.1. The Hall–Kier alpha value is -1.61. The summed E-state index contributed by atoms with van der Waals surface area (Å²) >= 11 is 0. The smallest absolute Gasteiger partial charge is 0.0726 e. The van der Waals surface area contributed by atoms with Crippen LogP contribution in [0.1, 0.15) is 19.5 Å². The first-order valence-electron chi connectivity index (χ1n) is 5.56. The number of nitrogen functional groups attached to an aromatic ring is 1. The zero-order chi connectivity index (χ0) is 11.5. The minimum absolute atomic E-state index is 0.597. The van der Waals surface area contributed by atoms with Gasteiger partial charge in [-0.25, -0.2) is 0 Å². The first kappa shape index (κ1) is 10.9. The van der Waals surface area contributed by atoms with Crippen molar-refractivity contribution in [1.29, 1.82) is 0 Å². The fraction of sp³-hybridized carbons (Fsp3) is 0.308. The van der Waals surface area contributed by atoms with E-state index in [9.17, 15) is 0 Å². The molecule has 84 valence electrons.